The van der Waals surface area contributed by atoms with Gasteiger partial charge in [0.2, 0.25) is 5.91 Å². The number of aromatic nitrogens is 2. The highest BCUT2D eigenvalue weighted by atomic mass is 16.6. The number of aliphatic hydroxyl groups excluding tert-OH is 1. The predicted octanol–water partition coefficient (Wildman–Crippen LogP) is 4.28. The molecule has 11 heteroatoms. The van der Waals surface area contributed by atoms with E-state index in [1.807, 2.05) is 85.8 Å². The molecule has 3 aromatic carbocycles. The van der Waals surface area contributed by atoms with Gasteiger partial charge in [-0.3, -0.25) is 9.36 Å². The summed E-state index contributed by atoms with van der Waals surface area (Å²) >= 11 is 0. The predicted molar refractivity (Wildman–Crippen MR) is 171 cm³/mol. The Labute approximate surface area is 267 Å². The molecule has 0 unspecified atom stereocenters. The molecule has 1 saturated heterocycles. The third-order valence-electron chi connectivity index (χ3n) is 8.11. The van der Waals surface area contributed by atoms with Crippen LogP contribution in [0.4, 0.5) is 5.82 Å². The summed E-state index contributed by atoms with van der Waals surface area (Å²) in [5, 5.41) is 13.8. The molecule has 0 radical (unpaired) electrons. The number of nitrogens with one attached hydrogen (secondary N) is 1. The first-order valence-electron chi connectivity index (χ1n) is 15.0. The molecule has 0 spiro atoms. The van der Waals surface area contributed by atoms with Crippen molar-refractivity contribution in [3.63, 3.8) is 0 Å². The third-order valence-corrected chi connectivity index (χ3v) is 8.11. The van der Waals surface area contributed by atoms with Crippen LogP contribution < -0.4 is 20.5 Å². The van der Waals surface area contributed by atoms with Crippen LogP contribution >= 0.6 is 0 Å². The van der Waals surface area contributed by atoms with Gasteiger partial charge >= 0.3 is 5.69 Å². The maximum atomic E-state index is 12.9. The highest BCUT2D eigenvalue weighted by Gasteiger charge is 2.47. The van der Waals surface area contributed by atoms with E-state index < -0.39 is 41.9 Å². The summed E-state index contributed by atoms with van der Waals surface area (Å²) in [5.41, 5.74) is 0.915. The van der Waals surface area contributed by atoms with E-state index in [-0.39, 0.29) is 18.1 Å². The Balaban J connectivity index is 1.49. The summed E-state index contributed by atoms with van der Waals surface area (Å²) in [5.74, 6) is 1.19. The number of carbonyl (C=O) groups is 1. The SMILES string of the molecule is COc1ccc(C(O[C@H](C)C[C@H]2O[C@@H](n3ccc(NC(C)=O)nc3=O)[C@H](OC)[C@@H]2O)(c2ccccc2)c2ccc(OC)cc2)cc1. The van der Waals surface area contributed by atoms with E-state index in [9.17, 15) is 14.7 Å². The van der Waals surface area contributed by atoms with Crippen molar-refractivity contribution in [2.24, 2.45) is 0 Å². The minimum absolute atomic E-state index is 0.120. The van der Waals surface area contributed by atoms with Crippen LogP contribution in [0.15, 0.2) is 95.9 Å². The number of benzene rings is 3. The Morgan fingerprint density at radius 3 is 2.00 bits per heavy atom. The van der Waals surface area contributed by atoms with Gasteiger partial charge in [-0.05, 0) is 53.9 Å². The van der Waals surface area contributed by atoms with Crippen LogP contribution in [-0.4, -0.2) is 66.3 Å². The molecule has 2 N–H and O–H groups in total. The normalized spacial score (nSPS) is 20.2. The van der Waals surface area contributed by atoms with Gasteiger partial charge < -0.3 is 34.1 Å². The van der Waals surface area contributed by atoms with Crippen molar-refractivity contribution >= 4 is 11.7 Å². The zero-order chi connectivity index (χ0) is 32.8. The van der Waals surface area contributed by atoms with Gasteiger partial charge in [0.05, 0.1) is 26.4 Å². The van der Waals surface area contributed by atoms with Crippen LogP contribution in [0, 0.1) is 0 Å². The molecular formula is C35H39N3O8. The van der Waals surface area contributed by atoms with Crippen LogP contribution in [0.3, 0.4) is 0 Å². The fourth-order valence-electron chi connectivity index (χ4n) is 5.95. The largest absolute Gasteiger partial charge is 0.497 e. The second kappa shape index (κ2) is 14.3. The summed E-state index contributed by atoms with van der Waals surface area (Å²) < 4.78 is 31.1. The van der Waals surface area contributed by atoms with Crippen molar-refractivity contribution in [3.8, 4) is 11.5 Å². The van der Waals surface area contributed by atoms with E-state index in [1.165, 1.54) is 30.9 Å². The summed E-state index contributed by atoms with van der Waals surface area (Å²) in [6.07, 6.45) is -2.37. The second-order valence-electron chi connectivity index (χ2n) is 11.1. The Hall–Kier alpha value is -4.55. The molecule has 5 atom stereocenters. The first-order chi connectivity index (χ1) is 22.2. The van der Waals surface area contributed by atoms with E-state index in [4.69, 9.17) is 23.7 Å². The van der Waals surface area contributed by atoms with Crippen LogP contribution in [0.2, 0.25) is 0 Å². The molecule has 0 aliphatic carbocycles. The number of methoxy groups -OCH3 is 3. The van der Waals surface area contributed by atoms with Crippen LogP contribution in [0.1, 0.15) is 43.2 Å². The topological polar surface area (TPSA) is 130 Å². The monoisotopic (exact) mass is 629 g/mol. The Bertz CT molecular complexity index is 1610. The van der Waals surface area contributed by atoms with Gasteiger partial charge in [0.1, 0.15) is 35.1 Å². The maximum Gasteiger partial charge on any atom is 0.351 e. The van der Waals surface area contributed by atoms with Crippen molar-refractivity contribution in [2.45, 2.75) is 56.5 Å². The number of nitrogens with zero attached hydrogens (tertiary/aromatic N) is 2. The molecule has 242 valence electrons. The fraction of sp³-hybridized carbons (Fsp3) is 0.343. The molecule has 5 rings (SSSR count). The number of rotatable bonds is 12. The average Bonchev–Trinajstić information content (AvgIpc) is 3.37. The molecule has 1 aromatic heterocycles. The molecule has 2 heterocycles. The smallest absolute Gasteiger partial charge is 0.351 e. The lowest BCUT2D eigenvalue weighted by atomic mass is 9.79. The summed E-state index contributed by atoms with van der Waals surface area (Å²) in [7, 11) is 4.69. The molecule has 0 saturated carbocycles. The zero-order valence-corrected chi connectivity index (χ0v) is 26.5. The van der Waals surface area contributed by atoms with Gasteiger partial charge in [-0.2, -0.15) is 4.98 Å². The highest BCUT2D eigenvalue weighted by Crippen LogP contribution is 2.44. The Kier molecular flexibility index (Phi) is 10.2. The lowest BCUT2D eigenvalue weighted by Gasteiger charge is -2.39. The number of ether oxygens (including phenoxy) is 5. The maximum absolute atomic E-state index is 12.9. The molecule has 0 bridgehead atoms. The van der Waals surface area contributed by atoms with Crippen LogP contribution in [-0.2, 0) is 24.6 Å². The van der Waals surface area contributed by atoms with Gasteiger partial charge in [-0.1, -0.05) is 54.6 Å². The molecule has 11 nitrogen and oxygen atoms in total. The molecule has 4 aromatic rings. The van der Waals surface area contributed by atoms with Crippen molar-refractivity contribution in [3.05, 3.63) is 118 Å². The zero-order valence-electron chi connectivity index (χ0n) is 26.5. The number of anilines is 1. The molecule has 1 aliphatic heterocycles. The lowest BCUT2D eigenvalue weighted by molar-refractivity contribution is -0.114. The van der Waals surface area contributed by atoms with Crippen molar-refractivity contribution < 1.29 is 33.6 Å². The fourth-order valence-corrected chi connectivity index (χ4v) is 5.95. The number of amides is 1. The minimum atomic E-state index is -1.07. The standard InChI is InChI=1S/C35H39N3O8/c1-22(21-29-31(40)32(44-5)33(45-29)38-20-19-30(36-23(2)39)37-34(38)41)46-35(24-9-7-6-8-10-24,25-11-15-27(42-3)16-12-25)26-13-17-28(43-4)18-14-26/h6-20,22,29,31-33,40H,21H2,1-5H3,(H,36,37,39,41)/t22-,29-,31-,32-,33-/m1/s1. The van der Waals surface area contributed by atoms with E-state index >= 15 is 0 Å². The van der Waals surface area contributed by atoms with E-state index in [0.717, 1.165) is 16.7 Å². The van der Waals surface area contributed by atoms with Crippen LogP contribution in [0.5, 0.6) is 11.5 Å². The van der Waals surface area contributed by atoms with Gasteiger partial charge in [0.25, 0.3) is 0 Å². The first kappa shape index (κ1) is 32.8. The lowest BCUT2D eigenvalue weighted by Crippen LogP contribution is -2.39. The van der Waals surface area contributed by atoms with Gasteiger partial charge in [-0.25, -0.2) is 4.79 Å². The van der Waals surface area contributed by atoms with Gasteiger partial charge in [0, 0.05) is 26.7 Å². The third kappa shape index (κ3) is 6.68. The van der Waals surface area contributed by atoms with Crippen molar-refractivity contribution in [2.75, 3.05) is 26.6 Å². The van der Waals surface area contributed by atoms with E-state index in [0.29, 0.717) is 11.5 Å². The average molecular weight is 630 g/mol. The van der Waals surface area contributed by atoms with E-state index in [1.54, 1.807) is 14.2 Å². The summed E-state index contributed by atoms with van der Waals surface area (Å²) in [6, 6.07) is 26.9. The molecule has 1 fully saturated rings. The summed E-state index contributed by atoms with van der Waals surface area (Å²) in [4.78, 5) is 28.2. The molecule has 1 amide bonds. The summed E-state index contributed by atoms with van der Waals surface area (Å²) in [6.45, 7) is 3.25. The minimum Gasteiger partial charge on any atom is -0.497 e. The van der Waals surface area contributed by atoms with Gasteiger partial charge in [0.15, 0.2) is 6.23 Å². The Morgan fingerprint density at radius 2 is 1.50 bits per heavy atom. The van der Waals surface area contributed by atoms with E-state index in [2.05, 4.69) is 10.3 Å². The first-order valence-corrected chi connectivity index (χ1v) is 15.0. The van der Waals surface area contributed by atoms with Gasteiger partial charge in [-0.15, -0.1) is 0 Å². The molecular weight excluding hydrogens is 590 g/mol. The molecule has 1 aliphatic rings. The number of hydrogen-bond donors (Lipinski definition) is 2. The molecule has 46 heavy (non-hydrogen) atoms. The number of aliphatic hydroxyl groups is 1. The quantitative estimate of drug-likeness (QED) is 0.221. The highest BCUT2D eigenvalue weighted by molar-refractivity contribution is 5.87. The number of carbonyl (C=O) groups excluding carboxylic acids is 1. The van der Waals surface area contributed by atoms with Crippen molar-refractivity contribution in [1.82, 2.24) is 9.55 Å². The van der Waals surface area contributed by atoms with Crippen molar-refractivity contribution in [1.29, 1.82) is 0 Å². The number of hydrogen-bond acceptors (Lipinski definition) is 9. The van der Waals surface area contributed by atoms with Crippen LogP contribution in [0.25, 0.3) is 0 Å². The Morgan fingerprint density at radius 1 is 0.935 bits per heavy atom. The second-order valence-corrected chi connectivity index (χ2v) is 11.1.